The Balaban J connectivity index is 1.91. The Labute approximate surface area is 356 Å². The molecule has 6 rings (SSSR count). The zero-order chi connectivity index (χ0) is 43.6. The molecule has 1 aromatic heterocycles. The fourth-order valence-electron chi connectivity index (χ4n) is 8.10. The highest BCUT2D eigenvalue weighted by Gasteiger charge is 2.40. The number of nitrogens with one attached hydrogen (secondary N) is 3. The van der Waals surface area contributed by atoms with Gasteiger partial charge in [0.15, 0.2) is 17.2 Å². The molecule has 0 saturated carbocycles. The molecule has 0 saturated heterocycles. The maximum absolute atomic E-state index is 14.9. The van der Waals surface area contributed by atoms with E-state index in [-0.39, 0.29) is 33.7 Å². The van der Waals surface area contributed by atoms with Crippen LogP contribution in [0.2, 0.25) is 28.2 Å². The minimum atomic E-state index is -2.49. The average molecular weight is 870 g/mol. The molecule has 16 heteroatoms. The number of halogens is 2. The minimum Gasteiger partial charge on any atom is -0.494 e. The van der Waals surface area contributed by atoms with Crippen molar-refractivity contribution in [3.63, 3.8) is 0 Å². The summed E-state index contributed by atoms with van der Waals surface area (Å²) in [5, 5.41) is 21.1. The molecule has 0 unspecified atom stereocenters. The van der Waals surface area contributed by atoms with Crippen LogP contribution < -0.4 is 35.5 Å². The Hall–Kier alpha value is -4.76. The highest BCUT2D eigenvalue weighted by atomic mass is 35.5. The molecule has 3 heterocycles. The molecule has 59 heavy (non-hydrogen) atoms. The van der Waals surface area contributed by atoms with Crippen LogP contribution in [0, 0.1) is 0 Å². The van der Waals surface area contributed by atoms with Crippen molar-refractivity contribution in [3.8, 4) is 28.4 Å². The number of fused-ring (bicyclic) bond motifs is 8. The van der Waals surface area contributed by atoms with Gasteiger partial charge in [-0.2, -0.15) is 0 Å². The molecule has 3 aromatic carbocycles. The third kappa shape index (κ3) is 9.05. The van der Waals surface area contributed by atoms with Crippen LogP contribution in [0.3, 0.4) is 0 Å². The molecule has 13 nitrogen and oxygen atoms in total. The van der Waals surface area contributed by atoms with Gasteiger partial charge in [0.1, 0.15) is 25.8 Å². The third-order valence-corrected chi connectivity index (χ3v) is 17.3. The fourth-order valence-corrected chi connectivity index (χ4v) is 12.9. The van der Waals surface area contributed by atoms with Gasteiger partial charge in [0.25, 0.3) is 0 Å². The van der Waals surface area contributed by atoms with Crippen LogP contribution in [0.15, 0.2) is 42.5 Å². The zero-order valence-corrected chi connectivity index (χ0v) is 37.7. The first-order valence-electron chi connectivity index (χ1n) is 19.6. The summed E-state index contributed by atoms with van der Waals surface area (Å²) in [5.41, 5.74) is 2.35. The predicted molar refractivity (Wildman–Crippen MR) is 232 cm³/mol. The van der Waals surface area contributed by atoms with Gasteiger partial charge in [-0.05, 0) is 73.4 Å². The summed E-state index contributed by atoms with van der Waals surface area (Å²) in [6, 6.07) is 10.7. The van der Waals surface area contributed by atoms with E-state index in [0.29, 0.717) is 33.7 Å². The van der Waals surface area contributed by atoms with Crippen LogP contribution in [-0.4, -0.2) is 81.1 Å². The first-order valence-corrected chi connectivity index (χ1v) is 23.0. The topological polar surface area (TPSA) is 166 Å². The van der Waals surface area contributed by atoms with E-state index in [1.54, 1.807) is 37.5 Å². The molecule has 3 atom stereocenters. The molecule has 4 aromatic rings. The van der Waals surface area contributed by atoms with Crippen LogP contribution in [0.1, 0.15) is 82.0 Å². The second-order valence-electron chi connectivity index (χ2n) is 15.7. The summed E-state index contributed by atoms with van der Waals surface area (Å²) >= 11 is 13.2. The van der Waals surface area contributed by atoms with E-state index in [1.807, 2.05) is 18.2 Å². The van der Waals surface area contributed by atoms with Crippen molar-refractivity contribution < 1.29 is 43.2 Å². The average Bonchev–Trinajstić information content (AvgIpc) is 3.51. The lowest BCUT2D eigenvalue weighted by atomic mass is 9.95. The predicted octanol–water partition coefficient (Wildman–Crippen LogP) is 7.47. The Morgan fingerprint density at radius 1 is 0.881 bits per heavy atom. The second-order valence-corrected chi connectivity index (χ2v) is 21.6. The molecule has 2 aliphatic heterocycles. The van der Waals surface area contributed by atoms with Gasteiger partial charge >= 0.3 is 6.09 Å². The number of methoxy groups -OCH3 is 3. The number of ether oxygens (including phenoxy) is 4. The van der Waals surface area contributed by atoms with E-state index in [4.69, 9.17) is 42.1 Å². The molecule has 3 amide bonds. The number of hydrogen-bond donors (Lipinski definition) is 4. The number of amides is 3. The van der Waals surface area contributed by atoms with Crippen molar-refractivity contribution in [1.29, 1.82) is 0 Å². The highest BCUT2D eigenvalue weighted by Crippen LogP contribution is 2.43. The van der Waals surface area contributed by atoms with Crippen molar-refractivity contribution in [3.05, 3.63) is 69.2 Å². The molecule has 2 aliphatic rings. The van der Waals surface area contributed by atoms with E-state index in [9.17, 15) is 24.3 Å². The third-order valence-electron chi connectivity index (χ3n) is 11.2. The standard InChI is InChI=1S/C43H54Cl2N4O9Si/c1-11-59(12-2,13-3)41-29-21-32(47-42(54)58-43(5,6)7)39(52)48-36(26-17-30(44)38(57-10)31(45)18-26)40(53)46-33(22-50)25-16-28(37(56-9)35(20-25)55-8)24-14-15-27(29)34(19-24)49(41)23(4)51/h14-20,32-33,36,50H,11-13,21-22H2,1-10H3,(H,46,53)(H,47,54)(H,48,52)/t32-,33+,36-/m1/s1. The quantitative estimate of drug-likeness (QED) is 0.118. The largest absolute Gasteiger partial charge is 0.494 e. The summed E-state index contributed by atoms with van der Waals surface area (Å²) in [6.07, 6.45) is -0.914. The number of carbonyl (C=O) groups is 4. The summed E-state index contributed by atoms with van der Waals surface area (Å²) in [5.74, 6) is -0.765. The van der Waals surface area contributed by atoms with E-state index < -0.39 is 56.3 Å². The van der Waals surface area contributed by atoms with Gasteiger partial charge in [-0.3, -0.25) is 19.0 Å². The van der Waals surface area contributed by atoms with Crippen molar-refractivity contribution in [2.24, 2.45) is 0 Å². The maximum Gasteiger partial charge on any atom is 0.408 e. The molecule has 6 bridgehead atoms. The lowest BCUT2D eigenvalue weighted by Crippen LogP contribution is -2.55. The Kier molecular flexibility index (Phi) is 14.0. The highest BCUT2D eigenvalue weighted by molar-refractivity contribution is 6.92. The van der Waals surface area contributed by atoms with E-state index >= 15 is 0 Å². The van der Waals surface area contributed by atoms with Gasteiger partial charge in [0.05, 0.1) is 49.5 Å². The lowest BCUT2D eigenvalue weighted by Gasteiger charge is -2.32. The Bertz CT molecular complexity index is 2240. The van der Waals surface area contributed by atoms with Crippen LogP contribution >= 0.6 is 23.2 Å². The summed E-state index contributed by atoms with van der Waals surface area (Å²) in [7, 11) is 1.92. The van der Waals surface area contributed by atoms with Gasteiger partial charge in [-0.25, -0.2) is 4.79 Å². The van der Waals surface area contributed by atoms with Gasteiger partial charge < -0.3 is 40.0 Å². The number of rotatable bonds is 10. The first-order chi connectivity index (χ1) is 27.9. The monoisotopic (exact) mass is 868 g/mol. The molecule has 0 fully saturated rings. The summed E-state index contributed by atoms with van der Waals surface area (Å²) < 4.78 is 24.5. The maximum atomic E-state index is 14.9. The van der Waals surface area contributed by atoms with Crippen LogP contribution in [0.4, 0.5) is 4.79 Å². The molecule has 4 N–H and O–H groups in total. The van der Waals surface area contributed by atoms with Gasteiger partial charge in [0.2, 0.25) is 17.7 Å². The number of aliphatic hydroxyl groups excluding tert-OH is 1. The number of aromatic nitrogens is 1. The van der Waals surface area contributed by atoms with Crippen molar-refractivity contribution in [2.75, 3.05) is 27.9 Å². The second kappa shape index (κ2) is 18.2. The van der Waals surface area contributed by atoms with E-state index in [2.05, 4.69) is 36.7 Å². The molecular weight excluding hydrogens is 815 g/mol. The lowest BCUT2D eigenvalue weighted by molar-refractivity contribution is -0.130. The summed E-state index contributed by atoms with van der Waals surface area (Å²) in [6.45, 7) is 12.5. The molecule has 0 aliphatic carbocycles. The number of hydrogen-bond acceptors (Lipinski definition) is 9. The van der Waals surface area contributed by atoms with Crippen LogP contribution in [0.5, 0.6) is 17.2 Å². The molecule has 0 spiro atoms. The zero-order valence-electron chi connectivity index (χ0n) is 35.2. The number of benzene rings is 3. The number of nitrogens with zero attached hydrogens (tertiary/aromatic N) is 1. The smallest absolute Gasteiger partial charge is 0.408 e. The molecule has 318 valence electrons. The number of alkyl carbamates (subject to hydrolysis) is 1. The van der Waals surface area contributed by atoms with Gasteiger partial charge in [-0.15, -0.1) is 0 Å². The van der Waals surface area contributed by atoms with Crippen LogP contribution in [0.25, 0.3) is 22.0 Å². The van der Waals surface area contributed by atoms with E-state index in [1.165, 1.54) is 40.4 Å². The van der Waals surface area contributed by atoms with Crippen molar-refractivity contribution in [2.45, 2.75) is 96.7 Å². The van der Waals surface area contributed by atoms with Crippen molar-refractivity contribution >= 4 is 71.3 Å². The molecule has 0 radical (unpaired) electrons. The fraction of sp³-hybridized carbons (Fsp3) is 0.442. The SMILES string of the molecule is CC[Si](CC)(CC)c1c2c3ccc(cc3n1C(C)=O)-c1cc(cc(OC)c1OC)[C@H](CO)NC(=O)[C@@H](c1cc(Cl)c(OC)c(Cl)c1)NC(=O)[C@H](NC(=O)OC(C)(C)C)C2. The minimum absolute atomic E-state index is 0.0599. The van der Waals surface area contributed by atoms with Crippen molar-refractivity contribution in [1.82, 2.24) is 20.5 Å². The van der Waals surface area contributed by atoms with Crippen LogP contribution in [-0.2, 0) is 20.7 Å². The number of carbonyl (C=O) groups excluding carboxylic acids is 4. The Morgan fingerprint density at radius 3 is 2.03 bits per heavy atom. The normalized spacial score (nSPS) is 17.4. The van der Waals surface area contributed by atoms with Gasteiger partial charge in [0, 0.05) is 29.6 Å². The Morgan fingerprint density at radius 2 is 1.51 bits per heavy atom. The van der Waals surface area contributed by atoms with E-state index in [0.717, 1.165) is 34.4 Å². The molecular formula is C43H54Cl2N4O9Si. The first kappa shape index (κ1) is 45.3. The number of aliphatic hydroxyl groups is 1. The van der Waals surface area contributed by atoms with Gasteiger partial charge in [-0.1, -0.05) is 74.2 Å². The summed E-state index contributed by atoms with van der Waals surface area (Å²) in [4.78, 5) is 57.0.